The van der Waals surface area contributed by atoms with Gasteiger partial charge in [-0.25, -0.2) is 13.6 Å². The molecule has 8 heteroatoms. The number of aliphatic carboxylic acids is 1. The summed E-state index contributed by atoms with van der Waals surface area (Å²) >= 11 is 0. The van der Waals surface area contributed by atoms with Crippen LogP contribution < -0.4 is 11.1 Å². The van der Waals surface area contributed by atoms with E-state index < -0.39 is 40.5 Å². The monoisotopic (exact) mass is 269 g/mol. The van der Waals surface area contributed by atoms with Gasteiger partial charge < -0.3 is 16.2 Å². The van der Waals surface area contributed by atoms with E-state index in [0.717, 1.165) is 18.2 Å². The number of nitrogens with one attached hydrogen (secondary N) is 2. The Hall–Kier alpha value is -2.77. The number of nitrogens with two attached hydrogens (primary N) is 1. The van der Waals surface area contributed by atoms with Gasteiger partial charge in [-0.3, -0.25) is 10.2 Å². The molecule has 6 nitrogen and oxygen atoms in total. The molecule has 0 fully saturated rings. The molecule has 1 aromatic rings. The highest BCUT2D eigenvalue weighted by atomic mass is 19.1. The summed E-state index contributed by atoms with van der Waals surface area (Å²) in [7, 11) is 0. The van der Waals surface area contributed by atoms with E-state index in [2.05, 4.69) is 0 Å². The van der Waals surface area contributed by atoms with Crippen molar-refractivity contribution < 1.29 is 23.5 Å². The average molecular weight is 269 g/mol. The van der Waals surface area contributed by atoms with Gasteiger partial charge in [-0.05, 0) is 12.1 Å². The number of amides is 1. The quantitative estimate of drug-likeness (QED) is 0.599. The summed E-state index contributed by atoms with van der Waals surface area (Å²) in [5, 5.41) is 17.5. The molecule has 0 atom stereocenters. The second-order valence-corrected chi connectivity index (χ2v) is 3.31. The van der Waals surface area contributed by atoms with Gasteiger partial charge >= 0.3 is 5.97 Å². The SMILES string of the molecule is N=C(C(=O)O)/C(=C\N)NC(=O)c1c(F)cccc1F. The molecule has 5 N–H and O–H groups in total. The summed E-state index contributed by atoms with van der Waals surface area (Å²) in [4.78, 5) is 22.1. The minimum Gasteiger partial charge on any atom is -0.476 e. The van der Waals surface area contributed by atoms with Crippen molar-refractivity contribution in [3.8, 4) is 0 Å². The highest BCUT2D eigenvalue weighted by Crippen LogP contribution is 2.12. The molecule has 0 aliphatic carbocycles. The van der Waals surface area contributed by atoms with Crippen molar-refractivity contribution in [1.82, 2.24) is 5.32 Å². The van der Waals surface area contributed by atoms with Crippen molar-refractivity contribution in [1.29, 1.82) is 5.41 Å². The van der Waals surface area contributed by atoms with E-state index in [1.54, 1.807) is 0 Å². The first-order valence-electron chi connectivity index (χ1n) is 4.88. The number of carbonyl (C=O) groups is 2. The van der Waals surface area contributed by atoms with Crippen LogP contribution in [0.1, 0.15) is 10.4 Å². The van der Waals surface area contributed by atoms with Crippen LogP contribution in [0, 0.1) is 17.0 Å². The molecule has 1 amide bonds. The lowest BCUT2D eigenvalue weighted by molar-refractivity contribution is -0.129. The molecule has 0 saturated heterocycles. The summed E-state index contributed by atoms with van der Waals surface area (Å²) < 4.78 is 26.6. The standard InChI is InChI=1S/C11H9F2N3O3/c12-5-2-1-3-6(13)8(5)10(17)16-7(4-14)9(15)11(18)19/h1-4,15H,14H2,(H,16,17)(H,18,19)/b7-4+,15-9?. The van der Waals surface area contributed by atoms with Crippen molar-refractivity contribution in [3.63, 3.8) is 0 Å². The molecular formula is C11H9F2N3O3. The van der Waals surface area contributed by atoms with Crippen LogP contribution in [0.4, 0.5) is 8.78 Å². The van der Waals surface area contributed by atoms with Crippen LogP contribution in [-0.2, 0) is 4.79 Å². The van der Waals surface area contributed by atoms with E-state index in [1.165, 1.54) is 0 Å². The molecule has 0 bridgehead atoms. The number of hydrogen-bond acceptors (Lipinski definition) is 4. The molecule has 100 valence electrons. The molecule has 0 spiro atoms. The molecule has 0 saturated carbocycles. The van der Waals surface area contributed by atoms with Crippen molar-refractivity contribution in [2.24, 2.45) is 5.73 Å². The fourth-order valence-corrected chi connectivity index (χ4v) is 1.20. The fraction of sp³-hybridized carbons (Fsp3) is 0. The number of halogens is 2. The Labute approximate surface area is 106 Å². The zero-order valence-electron chi connectivity index (χ0n) is 9.41. The average Bonchev–Trinajstić information content (AvgIpc) is 2.34. The zero-order chi connectivity index (χ0) is 14.6. The van der Waals surface area contributed by atoms with E-state index in [0.29, 0.717) is 6.20 Å². The third kappa shape index (κ3) is 3.12. The van der Waals surface area contributed by atoms with E-state index in [9.17, 15) is 18.4 Å². The predicted octanol–water partition coefficient (Wildman–Crippen LogP) is 0.599. The van der Waals surface area contributed by atoms with Crippen molar-refractivity contribution in [3.05, 3.63) is 47.3 Å². The maximum absolute atomic E-state index is 13.3. The molecule has 0 aliphatic heterocycles. The van der Waals surface area contributed by atoms with Crippen molar-refractivity contribution in [2.75, 3.05) is 0 Å². The van der Waals surface area contributed by atoms with Gasteiger partial charge in [0.1, 0.15) is 17.2 Å². The van der Waals surface area contributed by atoms with Crippen LogP contribution >= 0.6 is 0 Å². The van der Waals surface area contributed by atoms with Crippen LogP contribution in [0.2, 0.25) is 0 Å². The number of hydrogen-bond donors (Lipinski definition) is 4. The highest BCUT2D eigenvalue weighted by molar-refractivity contribution is 6.41. The lowest BCUT2D eigenvalue weighted by atomic mass is 10.1. The molecule has 0 heterocycles. The Morgan fingerprint density at radius 3 is 2.26 bits per heavy atom. The maximum Gasteiger partial charge on any atom is 0.356 e. The van der Waals surface area contributed by atoms with Gasteiger partial charge in [-0.15, -0.1) is 0 Å². The Morgan fingerprint density at radius 1 is 1.32 bits per heavy atom. The highest BCUT2D eigenvalue weighted by Gasteiger charge is 2.21. The van der Waals surface area contributed by atoms with Gasteiger partial charge in [-0.2, -0.15) is 0 Å². The van der Waals surface area contributed by atoms with Gasteiger partial charge in [0, 0.05) is 6.20 Å². The third-order valence-electron chi connectivity index (χ3n) is 2.09. The molecule has 0 unspecified atom stereocenters. The lowest BCUT2D eigenvalue weighted by Crippen LogP contribution is -2.32. The number of carboxylic acid groups (broad SMARTS) is 1. The molecule has 1 rings (SSSR count). The summed E-state index contributed by atoms with van der Waals surface area (Å²) in [5.41, 5.74) is 2.58. The first-order valence-corrected chi connectivity index (χ1v) is 4.88. The smallest absolute Gasteiger partial charge is 0.356 e. The molecular weight excluding hydrogens is 260 g/mol. The predicted molar refractivity (Wildman–Crippen MR) is 61.5 cm³/mol. The molecule has 1 aromatic carbocycles. The Bertz CT molecular complexity index is 564. The Morgan fingerprint density at radius 2 is 1.84 bits per heavy atom. The van der Waals surface area contributed by atoms with E-state index in [1.807, 2.05) is 5.32 Å². The summed E-state index contributed by atoms with van der Waals surface area (Å²) in [6.45, 7) is 0. The minimum absolute atomic E-state index is 0.569. The summed E-state index contributed by atoms with van der Waals surface area (Å²) in [6, 6.07) is 2.80. The topological polar surface area (TPSA) is 116 Å². The van der Waals surface area contributed by atoms with Crippen LogP contribution in [0.5, 0.6) is 0 Å². The van der Waals surface area contributed by atoms with Gasteiger partial charge in [-0.1, -0.05) is 6.07 Å². The number of carbonyl (C=O) groups excluding carboxylic acids is 1. The minimum atomic E-state index is -1.65. The molecule has 0 radical (unpaired) electrons. The molecule has 19 heavy (non-hydrogen) atoms. The summed E-state index contributed by atoms with van der Waals surface area (Å²) in [6.07, 6.45) is 0.646. The molecule has 0 aromatic heterocycles. The Balaban J connectivity index is 3.03. The number of benzene rings is 1. The van der Waals surface area contributed by atoms with Gasteiger partial charge in [0.2, 0.25) is 0 Å². The van der Waals surface area contributed by atoms with Crippen molar-refractivity contribution >= 4 is 17.6 Å². The largest absolute Gasteiger partial charge is 0.476 e. The van der Waals surface area contributed by atoms with Crippen LogP contribution in [-0.4, -0.2) is 22.7 Å². The fourth-order valence-electron chi connectivity index (χ4n) is 1.20. The molecule has 0 aliphatic rings. The Kier molecular flexibility index (Phi) is 4.30. The van der Waals surface area contributed by atoms with Gasteiger partial charge in [0.15, 0.2) is 5.71 Å². The van der Waals surface area contributed by atoms with Crippen LogP contribution in [0.25, 0.3) is 0 Å². The van der Waals surface area contributed by atoms with Gasteiger partial charge in [0.25, 0.3) is 5.91 Å². The maximum atomic E-state index is 13.3. The number of carboxylic acids is 1. The second-order valence-electron chi connectivity index (χ2n) is 3.31. The van der Waals surface area contributed by atoms with Crippen molar-refractivity contribution in [2.45, 2.75) is 0 Å². The zero-order valence-corrected chi connectivity index (χ0v) is 9.41. The third-order valence-corrected chi connectivity index (χ3v) is 2.09. The van der Waals surface area contributed by atoms with E-state index in [4.69, 9.17) is 16.2 Å². The first-order chi connectivity index (χ1) is 8.88. The van der Waals surface area contributed by atoms with E-state index in [-0.39, 0.29) is 0 Å². The van der Waals surface area contributed by atoms with Crippen LogP contribution in [0.3, 0.4) is 0 Å². The second kappa shape index (κ2) is 5.71. The first kappa shape index (κ1) is 14.3. The van der Waals surface area contributed by atoms with Gasteiger partial charge in [0.05, 0.1) is 5.70 Å². The normalized spacial score (nSPS) is 10.9. The summed E-state index contributed by atoms with van der Waals surface area (Å²) in [5.74, 6) is -5.12. The number of rotatable bonds is 4. The van der Waals surface area contributed by atoms with E-state index >= 15 is 0 Å². The lowest BCUT2D eigenvalue weighted by Gasteiger charge is -2.09. The van der Waals surface area contributed by atoms with Crippen LogP contribution in [0.15, 0.2) is 30.1 Å².